The lowest BCUT2D eigenvalue weighted by Crippen LogP contribution is -2.05. The second-order valence-electron chi connectivity index (χ2n) is 5.69. The van der Waals surface area contributed by atoms with Crippen LogP contribution in [-0.2, 0) is 13.2 Å². The van der Waals surface area contributed by atoms with E-state index in [1.807, 2.05) is 19.3 Å². The zero-order valence-corrected chi connectivity index (χ0v) is 14.3. The molecule has 26 heavy (non-hydrogen) atoms. The molecule has 0 spiro atoms. The highest BCUT2D eigenvalue weighted by Crippen LogP contribution is 2.34. The van der Waals surface area contributed by atoms with Crippen molar-refractivity contribution in [1.29, 1.82) is 0 Å². The number of anilines is 2. The second kappa shape index (κ2) is 6.10. The molecule has 0 atom stereocenters. The highest BCUT2D eigenvalue weighted by Gasteiger charge is 2.31. The van der Waals surface area contributed by atoms with Crippen LogP contribution in [0.15, 0.2) is 49.1 Å². The normalized spacial score (nSPS) is 11.8. The van der Waals surface area contributed by atoms with Crippen molar-refractivity contribution in [2.45, 2.75) is 6.18 Å². The number of nitrogens with one attached hydrogen (secondary N) is 1. The third kappa shape index (κ3) is 3.25. The van der Waals surface area contributed by atoms with Crippen molar-refractivity contribution < 1.29 is 13.2 Å². The average molecular weight is 375 g/mol. The minimum absolute atomic E-state index is 0.414. The van der Waals surface area contributed by atoms with Gasteiger partial charge in [-0.3, -0.25) is 9.67 Å². The number of benzene rings is 1. The molecule has 0 radical (unpaired) electrons. The summed E-state index contributed by atoms with van der Waals surface area (Å²) in [5, 5.41) is 7.93. The van der Waals surface area contributed by atoms with Gasteiger partial charge >= 0.3 is 6.18 Å². The van der Waals surface area contributed by atoms with Crippen LogP contribution in [0.25, 0.3) is 21.3 Å². The van der Waals surface area contributed by atoms with Crippen LogP contribution in [0.5, 0.6) is 0 Å². The van der Waals surface area contributed by atoms with E-state index in [4.69, 9.17) is 0 Å². The van der Waals surface area contributed by atoms with E-state index in [9.17, 15) is 13.2 Å². The number of hydrogen-bond acceptors (Lipinski definition) is 5. The average Bonchev–Trinajstić information content (AvgIpc) is 3.19. The minimum Gasteiger partial charge on any atom is -0.329 e. The maximum atomic E-state index is 12.9. The van der Waals surface area contributed by atoms with Crippen molar-refractivity contribution in [3.05, 3.63) is 54.6 Å². The Labute approximate surface area is 150 Å². The molecule has 132 valence electrons. The van der Waals surface area contributed by atoms with Crippen LogP contribution < -0.4 is 5.32 Å². The molecule has 0 aliphatic carbocycles. The standard InChI is InChI=1S/C17H12F3N5S/c1-25-9-13(8-22-25)23-16-24-14-3-2-10(5-15(14)26-16)11-4-12(7-21-6-11)17(18,19)20/h2-9H,1H3,(H,23,24). The van der Waals surface area contributed by atoms with Gasteiger partial charge in [0, 0.05) is 31.2 Å². The molecule has 0 unspecified atom stereocenters. The van der Waals surface area contributed by atoms with Crippen molar-refractivity contribution in [2.24, 2.45) is 7.05 Å². The molecule has 0 aliphatic heterocycles. The summed E-state index contributed by atoms with van der Waals surface area (Å²) >= 11 is 1.42. The molecule has 0 saturated carbocycles. The summed E-state index contributed by atoms with van der Waals surface area (Å²) in [6.07, 6.45) is 1.34. The van der Waals surface area contributed by atoms with Gasteiger partial charge in [0.1, 0.15) is 0 Å². The number of alkyl halides is 3. The van der Waals surface area contributed by atoms with Gasteiger partial charge in [0.25, 0.3) is 0 Å². The smallest absolute Gasteiger partial charge is 0.329 e. The summed E-state index contributed by atoms with van der Waals surface area (Å²) < 4.78 is 41.2. The van der Waals surface area contributed by atoms with Gasteiger partial charge in [0.2, 0.25) is 0 Å². The first-order valence-corrected chi connectivity index (χ1v) is 8.39. The number of halogens is 3. The number of nitrogens with zero attached hydrogens (tertiary/aromatic N) is 4. The van der Waals surface area contributed by atoms with Gasteiger partial charge in [-0.1, -0.05) is 17.4 Å². The second-order valence-corrected chi connectivity index (χ2v) is 6.72. The minimum atomic E-state index is -4.42. The lowest BCUT2D eigenvalue weighted by atomic mass is 10.1. The van der Waals surface area contributed by atoms with Gasteiger partial charge in [0.05, 0.1) is 27.7 Å². The molecule has 5 nitrogen and oxygen atoms in total. The summed E-state index contributed by atoms with van der Waals surface area (Å²) in [7, 11) is 1.82. The van der Waals surface area contributed by atoms with Gasteiger partial charge in [0.15, 0.2) is 5.13 Å². The highest BCUT2D eigenvalue weighted by atomic mass is 32.1. The molecule has 0 amide bonds. The van der Waals surface area contributed by atoms with Crippen LogP contribution in [0, 0.1) is 0 Å². The van der Waals surface area contributed by atoms with Crippen LogP contribution in [-0.4, -0.2) is 19.7 Å². The molecule has 4 rings (SSSR count). The molecule has 4 aromatic rings. The maximum absolute atomic E-state index is 12.9. The third-order valence-electron chi connectivity index (χ3n) is 3.74. The number of aromatic nitrogens is 4. The predicted molar refractivity (Wildman–Crippen MR) is 94.3 cm³/mol. The number of fused-ring (bicyclic) bond motifs is 1. The van der Waals surface area contributed by atoms with Crippen molar-refractivity contribution in [3.8, 4) is 11.1 Å². The Morgan fingerprint density at radius 2 is 1.92 bits per heavy atom. The van der Waals surface area contributed by atoms with E-state index < -0.39 is 11.7 Å². The molecule has 9 heteroatoms. The summed E-state index contributed by atoms with van der Waals surface area (Å²) in [5.74, 6) is 0. The predicted octanol–water partition coefficient (Wildman–Crippen LogP) is 4.85. The molecule has 0 bridgehead atoms. The van der Waals surface area contributed by atoms with Crippen molar-refractivity contribution in [1.82, 2.24) is 19.7 Å². The van der Waals surface area contributed by atoms with E-state index in [0.717, 1.165) is 28.2 Å². The maximum Gasteiger partial charge on any atom is 0.417 e. The Hall–Kier alpha value is -2.94. The molecule has 1 aromatic carbocycles. The van der Waals surface area contributed by atoms with Crippen LogP contribution in [0.3, 0.4) is 0 Å². The molecular formula is C17H12F3N5S. The Morgan fingerprint density at radius 1 is 1.08 bits per heavy atom. The van der Waals surface area contributed by atoms with Crippen LogP contribution in [0.2, 0.25) is 0 Å². The lowest BCUT2D eigenvalue weighted by Gasteiger charge is -2.08. The summed E-state index contributed by atoms with van der Waals surface area (Å²) in [4.78, 5) is 8.20. The van der Waals surface area contributed by atoms with Gasteiger partial charge in [-0.2, -0.15) is 18.3 Å². The van der Waals surface area contributed by atoms with Gasteiger partial charge in [-0.05, 0) is 23.8 Å². The fourth-order valence-electron chi connectivity index (χ4n) is 2.52. The Morgan fingerprint density at radius 3 is 2.65 bits per heavy atom. The zero-order chi connectivity index (χ0) is 18.3. The Kier molecular flexibility index (Phi) is 3.87. The number of rotatable bonds is 3. The fraction of sp³-hybridized carbons (Fsp3) is 0.118. The molecule has 3 aromatic heterocycles. The van der Waals surface area contributed by atoms with E-state index in [2.05, 4.69) is 20.4 Å². The Bertz CT molecular complexity index is 1080. The van der Waals surface area contributed by atoms with E-state index >= 15 is 0 Å². The van der Waals surface area contributed by atoms with E-state index in [-0.39, 0.29) is 0 Å². The molecule has 0 saturated heterocycles. The van der Waals surface area contributed by atoms with Crippen molar-refractivity contribution >= 4 is 32.4 Å². The number of hydrogen-bond donors (Lipinski definition) is 1. The molecule has 0 fully saturated rings. The Balaban J connectivity index is 1.67. The SMILES string of the molecule is Cn1cc(Nc2nc3ccc(-c4cncc(C(F)(F)F)c4)cc3s2)cn1. The zero-order valence-electron chi connectivity index (χ0n) is 13.4. The molecule has 3 heterocycles. The first kappa shape index (κ1) is 16.5. The quantitative estimate of drug-likeness (QED) is 0.556. The van der Waals surface area contributed by atoms with E-state index in [1.165, 1.54) is 17.5 Å². The first-order valence-electron chi connectivity index (χ1n) is 7.57. The number of aryl methyl sites for hydroxylation is 1. The monoisotopic (exact) mass is 375 g/mol. The van der Waals surface area contributed by atoms with Crippen molar-refractivity contribution in [3.63, 3.8) is 0 Å². The van der Waals surface area contributed by atoms with Crippen LogP contribution >= 0.6 is 11.3 Å². The van der Waals surface area contributed by atoms with Gasteiger partial charge < -0.3 is 5.32 Å². The summed E-state index contributed by atoms with van der Waals surface area (Å²) in [6, 6.07) is 6.45. The van der Waals surface area contributed by atoms with Crippen LogP contribution in [0.4, 0.5) is 24.0 Å². The van der Waals surface area contributed by atoms with Gasteiger partial charge in [-0.15, -0.1) is 0 Å². The molecule has 0 aliphatic rings. The van der Waals surface area contributed by atoms with E-state index in [0.29, 0.717) is 16.3 Å². The van der Waals surface area contributed by atoms with Gasteiger partial charge in [-0.25, -0.2) is 4.98 Å². The lowest BCUT2D eigenvalue weighted by molar-refractivity contribution is -0.137. The van der Waals surface area contributed by atoms with Crippen LogP contribution in [0.1, 0.15) is 5.56 Å². The highest BCUT2D eigenvalue weighted by molar-refractivity contribution is 7.22. The molecule has 1 N–H and O–H groups in total. The number of thiazole rings is 1. The first-order chi connectivity index (χ1) is 12.4. The topological polar surface area (TPSA) is 55.6 Å². The third-order valence-corrected chi connectivity index (χ3v) is 4.68. The summed E-state index contributed by atoms with van der Waals surface area (Å²) in [5.41, 5.74) is 1.89. The molecular weight excluding hydrogens is 363 g/mol. The van der Waals surface area contributed by atoms with E-state index in [1.54, 1.807) is 23.0 Å². The van der Waals surface area contributed by atoms with Crippen molar-refractivity contribution in [2.75, 3.05) is 5.32 Å². The largest absolute Gasteiger partial charge is 0.417 e. The number of pyridine rings is 1. The summed E-state index contributed by atoms with van der Waals surface area (Å²) in [6.45, 7) is 0. The fourth-order valence-corrected chi connectivity index (χ4v) is 3.45.